The molecule has 0 radical (unpaired) electrons. The molecule has 2 rings (SSSR count). The van der Waals surface area contributed by atoms with Gasteiger partial charge >= 0.3 is 0 Å². The highest BCUT2D eigenvalue weighted by molar-refractivity contribution is 14.1. The summed E-state index contributed by atoms with van der Waals surface area (Å²) in [5, 5.41) is 6.42. The average molecular weight is 467 g/mol. The fourth-order valence-corrected chi connectivity index (χ4v) is 2.68. The molecular weight excluding hydrogens is 449 g/mol. The van der Waals surface area contributed by atoms with Crippen molar-refractivity contribution < 1.29 is 19.1 Å². The van der Waals surface area contributed by atoms with Gasteiger partial charge in [0.2, 0.25) is 0 Å². The van der Waals surface area contributed by atoms with E-state index in [2.05, 4.69) is 38.4 Å². The average Bonchev–Trinajstić information content (AvgIpc) is 2.66. The van der Waals surface area contributed by atoms with Crippen molar-refractivity contribution in [3.8, 4) is 11.5 Å². The number of rotatable bonds is 7. The molecule has 0 fully saturated rings. The van der Waals surface area contributed by atoms with E-state index in [9.17, 15) is 9.59 Å². The van der Waals surface area contributed by atoms with Crippen LogP contribution in [0.5, 0.6) is 11.5 Å². The van der Waals surface area contributed by atoms with E-state index in [1.54, 1.807) is 37.4 Å². The van der Waals surface area contributed by atoms with E-state index >= 15 is 0 Å². The van der Waals surface area contributed by atoms with Crippen LogP contribution in [0.4, 0.5) is 0 Å². The maximum Gasteiger partial charge on any atom is 0.259 e. The minimum atomic E-state index is -0.430. The number of nitrogens with zero attached hydrogens (tertiary/aromatic N) is 1. The van der Waals surface area contributed by atoms with Gasteiger partial charge in [-0.1, -0.05) is 12.1 Å². The maximum absolute atomic E-state index is 12.0. The smallest absolute Gasteiger partial charge is 0.259 e. The van der Waals surface area contributed by atoms with Gasteiger partial charge in [0, 0.05) is 3.57 Å². The molecule has 2 aromatic rings. The number of halogens is 1. The van der Waals surface area contributed by atoms with Crippen LogP contribution in [0.3, 0.4) is 0 Å². The van der Waals surface area contributed by atoms with Crippen molar-refractivity contribution in [2.75, 3.05) is 20.8 Å². The second-order valence-corrected chi connectivity index (χ2v) is 6.23. The number of hydrogen-bond acceptors (Lipinski definition) is 5. The summed E-state index contributed by atoms with van der Waals surface area (Å²) in [7, 11) is 3.09. The van der Waals surface area contributed by atoms with Crippen molar-refractivity contribution in [1.82, 2.24) is 10.7 Å². The molecule has 2 amide bonds. The lowest BCUT2D eigenvalue weighted by atomic mass is 10.2. The molecule has 0 heterocycles. The Bertz CT molecular complexity index is 824. The maximum atomic E-state index is 12.0. The second-order valence-electron chi connectivity index (χ2n) is 5.07. The van der Waals surface area contributed by atoms with Crippen LogP contribution in [0.2, 0.25) is 0 Å². The summed E-state index contributed by atoms with van der Waals surface area (Å²) in [5.41, 5.74) is 3.61. The van der Waals surface area contributed by atoms with Crippen LogP contribution in [0.15, 0.2) is 47.6 Å². The van der Waals surface area contributed by atoms with Crippen molar-refractivity contribution in [3.05, 3.63) is 57.2 Å². The molecule has 2 N–H and O–H groups in total. The largest absolute Gasteiger partial charge is 0.493 e. The number of hydrazone groups is 1. The SMILES string of the molecule is COc1ccc(/C=N/NC(=O)CNC(=O)c2ccccc2I)cc1OC. The summed E-state index contributed by atoms with van der Waals surface area (Å²) in [5.74, 6) is 0.425. The van der Waals surface area contributed by atoms with Gasteiger partial charge in [-0.25, -0.2) is 5.43 Å². The molecule has 0 aliphatic carbocycles. The van der Waals surface area contributed by atoms with Gasteiger partial charge in [0.1, 0.15) is 0 Å². The van der Waals surface area contributed by atoms with Gasteiger partial charge in [-0.3, -0.25) is 9.59 Å². The van der Waals surface area contributed by atoms with Crippen molar-refractivity contribution >= 4 is 40.6 Å². The third-order valence-corrected chi connectivity index (χ3v) is 4.28. The number of hydrogen-bond donors (Lipinski definition) is 2. The number of benzene rings is 2. The topological polar surface area (TPSA) is 89.0 Å². The Morgan fingerprint density at radius 3 is 2.54 bits per heavy atom. The highest BCUT2D eigenvalue weighted by Crippen LogP contribution is 2.26. The summed E-state index contributed by atoms with van der Waals surface area (Å²) in [6.07, 6.45) is 1.47. The Balaban J connectivity index is 1.86. The number of methoxy groups -OCH3 is 2. The molecule has 0 aliphatic rings. The molecule has 0 saturated carbocycles. The summed E-state index contributed by atoms with van der Waals surface area (Å²) in [6, 6.07) is 12.4. The second kappa shape index (κ2) is 9.76. The van der Waals surface area contributed by atoms with Crippen LogP contribution < -0.4 is 20.2 Å². The molecule has 136 valence electrons. The predicted octanol–water partition coefficient (Wildman–Crippen LogP) is 2.19. The summed E-state index contributed by atoms with van der Waals surface area (Å²) in [4.78, 5) is 23.8. The molecular formula is C18H18IN3O4. The quantitative estimate of drug-likeness (QED) is 0.371. The predicted molar refractivity (Wildman–Crippen MR) is 107 cm³/mol. The Kier molecular flexibility index (Phi) is 7.39. The van der Waals surface area contributed by atoms with Crippen LogP contribution in [0, 0.1) is 3.57 Å². The third-order valence-electron chi connectivity index (χ3n) is 3.34. The lowest BCUT2D eigenvalue weighted by Crippen LogP contribution is -2.35. The van der Waals surface area contributed by atoms with Crippen LogP contribution in [0.25, 0.3) is 0 Å². The molecule has 0 aliphatic heterocycles. The number of carbonyl (C=O) groups is 2. The molecule has 0 spiro atoms. The Hall–Kier alpha value is -2.62. The van der Waals surface area contributed by atoms with Crippen molar-refractivity contribution in [2.24, 2.45) is 5.10 Å². The lowest BCUT2D eigenvalue weighted by molar-refractivity contribution is -0.120. The fourth-order valence-electron chi connectivity index (χ4n) is 2.05. The number of ether oxygens (including phenoxy) is 2. The van der Waals surface area contributed by atoms with Gasteiger partial charge in [0.15, 0.2) is 11.5 Å². The standard InChI is InChI=1S/C18H18IN3O4/c1-25-15-8-7-12(9-16(15)26-2)10-21-22-17(23)11-20-18(24)13-5-3-4-6-14(13)19/h3-10H,11H2,1-2H3,(H,20,24)(H,22,23)/b21-10+. The van der Waals surface area contributed by atoms with Gasteiger partial charge in [-0.05, 0) is 58.5 Å². The van der Waals surface area contributed by atoms with Crippen LogP contribution in [-0.4, -0.2) is 38.8 Å². The summed E-state index contributed by atoms with van der Waals surface area (Å²) in [6.45, 7) is -0.174. The van der Waals surface area contributed by atoms with Gasteiger partial charge in [-0.15, -0.1) is 0 Å². The molecule has 0 atom stereocenters. The zero-order valence-corrected chi connectivity index (χ0v) is 16.4. The zero-order chi connectivity index (χ0) is 18.9. The number of amides is 2. The van der Waals surface area contributed by atoms with Gasteiger partial charge in [-0.2, -0.15) is 5.10 Å². The highest BCUT2D eigenvalue weighted by atomic mass is 127. The number of nitrogens with one attached hydrogen (secondary N) is 2. The minimum absolute atomic E-state index is 0.174. The van der Waals surface area contributed by atoms with Crippen LogP contribution >= 0.6 is 22.6 Å². The Morgan fingerprint density at radius 1 is 1.12 bits per heavy atom. The molecule has 8 heteroatoms. The monoisotopic (exact) mass is 467 g/mol. The van der Waals surface area contributed by atoms with Gasteiger partial charge < -0.3 is 14.8 Å². The molecule has 2 aromatic carbocycles. The molecule has 7 nitrogen and oxygen atoms in total. The van der Waals surface area contributed by atoms with Crippen LogP contribution in [0.1, 0.15) is 15.9 Å². The fraction of sp³-hybridized carbons (Fsp3) is 0.167. The van der Waals surface area contributed by atoms with E-state index in [0.717, 1.165) is 9.13 Å². The first-order valence-electron chi connectivity index (χ1n) is 7.61. The molecule has 0 aromatic heterocycles. The summed E-state index contributed by atoms with van der Waals surface area (Å²) >= 11 is 2.07. The van der Waals surface area contributed by atoms with E-state index in [-0.39, 0.29) is 12.5 Å². The van der Waals surface area contributed by atoms with E-state index in [1.807, 2.05) is 12.1 Å². The van der Waals surface area contributed by atoms with Crippen molar-refractivity contribution in [3.63, 3.8) is 0 Å². The van der Waals surface area contributed by atoms with E-state index in [4.69, 9.17) is 9.47 Å². The first-order valence-corrected chi connectivity index (χ1v) is 8.69. The zero-order valence-electron chi connectivity index (χ0n) is 14.3. The normalized spacial score (nSPS) is 10.4. The molecule has 0 bridgehead atoms. The first-order chi connectivity index (χ1) is 12.5. The highest BCUT2D eigenvalue weighted by Gasteiger charge is 2.10. The Morgan fingerprint density at radius 2 is 1.85 bits per heavy atom. The van der Waals surface area contributed by atoms with E-state index in [0.29, 0.717) is 17.1 Å². The minimum Gasteiger partial charge on any atom is -0.493 e. The van der Waals surface area contributed by atoms with Crippen molar-refractivity contribution in [1.29, 1.82) is 0 Å². The van der Waals surface area contributed by atoms with Crippen molar-refractivity contribution in [2.45, 2.75) is 0 Å². The van der Waals surface area contributed by atoms with E-state index < -0.39 is 5.91 Å². The van der Waals surface area contributed by atoms with Crippen LogP contribution in [-0.2, 0) is 4.79 Å². The third kappa shape index (κ3) is 5.45. The van der Waals surface area contributed by atoms with Gasteiger partial charge in [0.05, 0.1) is 32.5 Å². The lowest BCUT2D eigenvalue weighted by Gasteiger charge is -2.07. The summed E-state index contributed by atoms with van der Waals surface area (Å²) < 4.78 is 11.2. The Labute approximate surface area is 164 Å². The van der Waals surface area contributed by atoms with E-state index in [1.165, 1.54) is 13.3 Å². The molecule has 26 heavy (non-hydrogen) atoms. The number of carbonyl (C=O) groups excluding carboxylic acids is 2. The van der Waals surface area contributed by atoms with Gasteiger partial charge in [0.25, 0.3) is 11.8 Å². The first kappa shape index (κ1) is 19.7. The molecule has 0 saturated heterocycles. The molecule has 0 unspecified atom stereocenters.